The van der Waals surface area contributed by atoms with E-state index in [1.165, 1.54) is 0 Å². The van der Waals surface area contributed by atoms with Crippen molar-refractivity contribution in [2.45, 2.75) is 26.7 Å². The molecular formula is C17H17N3O2. The van der Waals surface area contributed by atoms with E-state index in [-0.39, 0.29) is 0 Å². The Labute approximate surface area is 128 Å². The van der Waals surface area contributed by atoms with Crippen LogP contribution in [0.4, 0.5) is 0 Å². The second-order valence-electron chi connectivity index (χ2n) is 5.57. The molecule has 0 saturated carbocycles. The molecule has 0 spiro atoms. The van der Waals surface area contributed by atoms with Gasteiger partial charge in [0.2, 0.25) is 5.78 Å². The molecule has 0 saturated heterocycles. The van der Waals surface area contributed by atoms with Crippen molar-refractivity contribution >= 4 is 11.7 Å². The third kappa shape index (κ3) is 2.35. The zero-order valence-electron chi connectivity index (χ0n) is 12.7. The van der Waals surface area contributed by atoms with Crippen LogP contribution in [0.2, 0.25) is 0 Å². The third-order valence-corrected chi connectivity index (χ3v) is 3.75. The van der Waals surface area contributed by atoms with Gasteiger partial charge in [-0.3, -0.25) is 9.20 Å². The number of fused-ring (bicyclic) bond motifs is 1. The van der Waals surface area contributed by atoms with Crippen molar-refractivity contribution in [2.75, 3.05) is 0 Å². The Bertz CT molecular complexity index is 850. The first-order chi connectivity index (χ1) is 10.5. The molecule has 1 unspecified atom stereocenters. The van der Waals surface area contributed by atoms with E-state index in [0.29, 0.717) is 17.2 Å². The van der Waals surface area contributed by atoms with Gasteiger partial charge in [0, 0.05) is 18.0 Å². The Kier molecular flexibility index (Phi) is 3.41. The molecular weight excluding hydrogens is 278 g/mol. The number of carboxylic acid groups (broad SMARTS) is 1. The summed E-state index contributed by atoms with van der Waals surface area (Å²) in [5.41, 5.74) is 4.33. The summed E-state index contributed by atoms with van der Waals surface area (Å²) in [4.78, 5) is 20.4. The van der Waals surface area contributed by atoms with Crippen molar-refractivity contribution in [1.29, 1.82) is 0 Å². The number of aryl methyl sites for hydroxylation is 2. The fourth-order valence-corrected chi connectivity index (χ4v) is 2.50. The lowest BCUT2D eigenvalue weighted by atomic mass is 10.0. The highest BCUT2D eigenvalue weighted by molar-refractivity contribution is 5.79. The van der Waals surface area contributed by atoms with Crippen molar-refractivity contribution in [3.8, 4) is 11.3 Å². The molecule has 1 aromatic carbocycles. The highest BCUT2D eigenvalue weighted by Gasteiger charge is 2.24. The number of aromatic nitrogens is 3. The van der Waals surface area contributed by atoms with Crippen LogP contribution >= 0.6 is 0 Å². The number of benzene rings is 1. The molecule has 0 aliphatic carbocycles. The number of nitrogens with zero attached hydrogens (tertiary/aromatic N) is 3. The Morgan fingerprint density at radius 3 is 2.50 bits per heavy atom. The van der Waals surface area contributed by atoms with E-state index < -0.39 is 11.9 Å². The molecule has 2 aromatic heterocycles. The lowest BCUT2D eigenvalue weighted by Crippen LogP contribution is -2.11. The highest BCUT2D eigenvalue weighted by Crippen LogP contribution is 2.30. The van der Waals surface area contributed by atoms with Gasteiger partial charge in [0.25, 0.3) is 0 Å². The number of carbonyl (C=O) groups is 1. The maximum atomic E-state index is 11.5. The van der Waals surface area contributed by atoms with Gasteiger partial charge in [-0.15, -0.1) is 0 Å². The maximum Gasteiger partial charge on any atom is 0.312 e. The van der Waals surface area contributed by atoms with Crippen LogP contribution in [0.5, 0.6) is 0 Å². The van der Waals surface area contributed by atoms with Crippen molar-refractivity contribution in [1.82, 2.24) is 14.4 Å². The van der Waals surface area contributed by atoms with E-state index in [1.54, 1.807) is 17.5 Å². The van der Waals surface area contributed by atoms with Crippen LogP contribution < -0.4 is 0 Å². The third-order valence-electron chi connectivity index (χ3n) is 3.75. The lowest BCUT2D eigenvalue weighted by Gasteiger charge is -2.10. The van der Waals surface area contributed by atoms with Gasteiger partial charge < -0.3 is 5.11 Å². The SMILES string of the molecule is Cc1ccc(-c2nc3ncc(C)cn3c2C(C)C(=O)O)cc1. The lowest BCUT2D eigenvalue weighted by molar-refractivity contribution is -0.138. The number of hydrogen-bond donors (Lipinski definition) is 1. The van der Waals surface area contributed by atoms with Crippen LogP contribution in [0.15, 0.2) is 36.7 Å². The molecule has 0 amide bonds. The summed E-state index contributed by atoms with van der Waals surface area (Å²) in [6, 6.07) is 7.91. The Morgan fingerprint density at radius 1 is 1.18 bits per heavy atom. The first kappa shape index (κ1) is 14.3. The summed E-state index contributed by atoms with van der Waals surface area (Å²) in [5, 5.41) is 9.44. The fraction of sp³-hybridized carbons (Fsp3) is 0.235. The molecule has 3 aromatic rings. The maximum absolute atomic E-state index is 11.5. The second kappa shape index (κ2) is 5.26. The van der Waals surface area contributed by atoms with E-state index in [1.807, 2.05) is 44.3 Å². The quantitative estimate of drug-likeness (QED) is 0.805. The Morgan fingerprint density at radius 2 is 1.86 bits per heavy atom. The topological polar surface area (TPSA) is 67.5 Å². The number of carboxylic acids is 1. The molecule has 112 valence electrons. The van der Waals surface area contributed by atoms with E-state index in [2.05, 4.69) is 9.97 Å². The van der Waals surface area contributed by atoms with Gasteiger partial charge in [0.1, 0.15) is 0 Å². The zero-order valence-corrected chi connectivity index (χ0v) is 12.7. The predicted molar refractivity (Wildman–Crippen MR) is 83.9 cm³/mol. The van der Waals surface area contributed by atoms with Crippen molar-refractivity contribution in [3.63, 3.8) is 0 Å². The minimum absolute atomic E-state index is 0.518. The van der Waals surface area contributed by atoms with Gasteiger partial charge in [-0.2, -0.15) is 0 Å². The van der Waals surface area contributed by atoms with E-state index in [9.17, 15) is 9.90 Å². The molecule has 1 atom stereocenters. The molecule has 0 aliphatic rings. The minimum atomic E-state index is -0.878. The largest absolute Gasteiger partial charge is 0.481 e. The molecule has 5 nitrogen and oxygen atoms in total. The van der Waals surface area contributed by atoms with E-state index in [4.69, 9.17) is 0 Å². The van der Waals surface area contributed by atoms with Crippen molar-refractivity contribution in [2.24, 2.45) is 0 Å². The molecule has 2 heterocycles. The van der Waals surface area contributed by atoms with Gasteiger partial charge in [0.15, 0.2) is 0 Å². The van der Waals surface area contributed by atoms with E-state index >= 15 is 0 Å². The molecule has 3 rings (SSSR count). The molecule has 0 radical (unpaired) electrons. The van der Waals surface area contributed by atoms with Crippen LogP contribution in [0.1, 0.15) is 29.7 Å². The van der Waals surface area contributed by atoms with Crippen LogP contribution in [-0.2, 0) is 4.79 Å². The van der Waals surface area contributed by atoms with E-state index in [0.717, 1.165) is 16.7 Å². The molecule has 0 bridgehead atoms. The van der Waals surface area contributed by atoms with Gasteiger partial charge in [-0.1, -0.05) is 29.8 Å². The summed E-state index contributed by atoms with van der Waals surface area (Å²) < 4.78 is 1.78. The van der Waals surface area contributed by atoms with Gasteiger partial charge >= 0.3 is 5.97 Å². The van der Waals surface area contributed by atoms with Gasteiger partial charge in [-0.25, -0.2) is 9.97 Å². The minimum Gasteiger partial charge on any atom is -0.481 e. The smallest absolute Gasteiger partial charge is 0.312 e. The second-order valence-corrected chi connectivity index (χ2v) is 5.57. The molecule has 5 heteroatoms. The van der Waals surface area contributed by atoms with Crippen LogP contribution in [0, 0.1) is 13.8 Å². The Balaban J connectivity index is 2.31. The standard InChI is InChI=1S/C17H17N3O2/c1-10-4-6-13(7-5-10)14-15(12(3)16(21)22)20-9-11(2)8-18-17(20)19-14/h4-9,12H,1-3H3,(H,21,22). The first-order valence-corrected chi connectivity index (χ1v) is 7.12. The normalized spacial score (nSPS) is 12.5. The molecule has 1 N–H and O–H groups in total. The average Bonchev–Trinajstić information content (AvgIpc) is 2.85. The zero-order chi connectivity index (χ0) is 15.9. The van der Waals surface area contributed by atoms with Crippen LogP contribution in [-0.4, -0.2) is 25.4 Å². The average molecular weight is 295 g/mol. The highest BCUT2D eigenvalue weighted by atomic mass is 16.4. The Hall–Kier alpha value is -2.69. The van der Waals surface area contributed by atoms with Crippen LogP contribution in [0.25, 0.3) is 17.0 Å². The number of rotatable bonds is 3. The summed E-state index contributed by atoms with van der Waals surface area (Å²) in [6.45, 7) is 5.61. The van der Waals surface area contributed by atoms with Crippen LogP contribution in [0.3, 0.4) is 0 Å². The number of hydrogen-bond acceptors (Lipinski definition) is 3. The summed E-state index contributed by atoms with van der Waals surface area (Å²) in [7, 11) is 0. The van der Waals surface area contributed by atoms with Crippen molar-refractivity contribution < 1.29 is 9.90 Å². The van der Waals surface area contributed by atoms with Crippen molar-refractivity contribution in [3.05, 3.63) is 53.5 Å². The monoisotopic (exact) mass is 295 g/mol. The molecule has 0 aliphatic heterocycles. The molecule has 22 heavy (non-hydrogen) atoms. The van der Waals surface area contributed by atoms with Gasteiger partial charge in [0.05, 0.1) is 17.3 Å². The number of imidazole rings is 1. The predicted octanol–water partition coefficient (Wildman–Crippen LogP) is 3.20. The summed E-state index contributed by atoms with van der Waals surface area (Å²) >= 11 is 0. The number of aliphatic carboxylic acids is 1. The summed E-state index contributed by atoms with van der Waals surface area (Å²) in [5.74, 6) is -1.03. The first-order valence-electron chi connectivity index (χ1n) is 7.12. The van der Waals surface area contributed by atoms with Gasteiger partial charge in [-0.05, 0) is 26.3 Å². The molecule has 0 fully saturated rings. The summed E-state index contributed by atoms with van der Waals surface area (Å²) in [6.07, 6.45) is 3.61. The fourth-order valence-electron chi connectivity index (χ4n) is 2.50.